The minimum atomic E-state index is 0.577. The van der Waals surface area contributed by atoms with Crippen LogP contribution in [-0.4, -0.2) is 9.55 Å². The summed E-state index contributed by atoms with van der Waals surface area (Å²) >= 11 is 0. The van der Waals surface area contributed by atoms with Gasteiger partial charge < -0.3 is 10.3 Å². The maximum atomic E-state index is 5.41. The predicted octanol–water partition coefficient (Wildman–Crippen LogP) is 0.362. The van der Waals surface area contributed by atoms with Crippen molar-refractivity contribution in [2.45, 2.75) is 20.0 Å². The van der Waals surface area contributed by atoms with Crippen LogP contribution in [0, 0.1) is 0 Å². The largest absolute Gasteiger partial charge is 0.334 e. The molecular weight excluding hydrogens is 114 g/mol. The molecule has 1 heterocycles. The van der Waals surface area contributed by atoms with Crippen LogP contribution < -0.4 is 5.73 Å². The van der Waals surface area contributed by atoms with Crippen LogP contribution in [0.15, 0.2) is 12.5 Å². The van der Waals surface area contributed by atoms with Crippen LogP contribution in [-0.2, 0) is 13.1 Å². The number of nitrogens with two attached hydrogens (primary N) is 1. The number of hydrogen-bond acceptors (Lipinski definition) is 2. The Labute approximate surface area is 54.5 Å². The van der Waals surface area contributed by atoms with Crippen molar-refractivity contribution < 1.29 is 0 Å². The second kappa shape index (κ2) is 2.64. The zero-order chi connectivity index (χ0) is 6.69. The van der Waals surface area contributed by atoms with Crippen molar-refractivity contribution in [3.63, 3.8) is 0 Å². The Balaban J connectivity index is 2.85. The van der Waals surface area contributed by atoms with E-state index in [1.165, 1.54) is 0 Å². The molecule has 1 aromatic heterocycles. The summed E-state index contributed by atoms with van der Waals surface area (Å²) in [6, 6.07) is 0. The average Bonchev–Trinajstić information content (AvgIpc) is 2.33. The molecule has 0 spiro atoms. The number of aryl methyl sites for hydroxylation is 1. The molecule has 0 aliphatic heterocycles. The Hall–Kier alpha value is -0.830. The average molecular weight is 125 g/mol. The van der Waals surface area contributed by atoms with Crippen molar-refractivity contribution >= 4 is 0 Å². The molecule has 9 heavy (non-hydrogen) atoms. The van der Waals surface area contributed by atoms with Gasteiger partial charge in [-0.2, -0.15) is 0 Å². The van der Waals surface area contributed by atoms with Crippen LogP contribution in [0.5, 0.6) is 0 Å². The Morgan fingerprint density at radius 2 is 2.56 bits per heavy atom. The summed E-state index contributed by atoms with van der Waals surface area (Å²) in [5.41, 5.74) is 6.50. The second-order valence-corrected chi connectivity index (χ2v) is 1.88. The van der Waals surface area contributed by atoms with E-state index in [9.17, 15) is 0 Å². The minimum Gasteiger partial charge on any atom is -0.334 e. The minimum absolute atomic E-state index is 0.577. The van der Waals surface area contributed by atoms with Crippen LogP contribution >= 0.6 is 0 Å². The predicted molar refractivity (Wildman–Crippen MR) is 35.8 cm³/mol. The molecule has 1 aromatic rings. The fourth-order valence-corrected chi connectivity index (χ4v) is 0.803. The van der Waals surface area contributed by atoms with Crippen molar-refractivity contribution in [2.75, 3.05) is 0 Å². The van der Waals surface area contributed by atoms with Crippen molar-refractivity contribution in [2.24, 2.45) is 5.73 Å². The van der Waals surface area contributed by atoms with E-state index in [1.807, 2.05) is 4.57 Å². The third-order valence-corrected chi connectivity index (χ3v) is 1.35. The molecule has 1 rings (SSSR count). The first-order chi connectivity index (χ1) is 4.38. The summed E-state index contributed by atoms with van der Waals surface area (Å²) in [4.78, 5) is 3.95. The van der Waals surface area contributed by atoms with E-state index in [0.717, 1.165) is 12.2 Å². The summed E-state index contributed by atoms with van der Waals surface area (Å²) in [6.45, 7) is 3.60. The van der Waals surface area contributed by atoms with Crippen molar-refractivity contribution in [1.82, 2.24) is 9.55 Å². The van der Waals surface area contributed by atoms with Gasteiger partial charge in [0, 0.05) is 19.3 Å². The van der Waals surface area contributed by atoms with Crippen molar-refractivity contribution in [3.8, 4) is 0 Å². The van der Waals surface area contributed by atoms with Gasteiger partial charge in [0.2, 0.25) is 0 Å². The van der Waals surface area contributed by atoms with Gasteiger partial charge in [-0.15, -0.1) is 0 Å². The first-order valence-corrected chi connectivity index (χ1v) is 3.07. The molecule has 0 aromatic carbocycles. The summed E-state index contributed by atoms with van der Waals surface area (Å²) < 4.78 is 2.03. The van der Waals surface area contributed by atoms with E-state index >= 15 is 0 Å². The Kier molecular flexibility index (Phi) is 1.85. The molecule has 2 N–H and O–H groups in total. The zero-order valence-electron chi connectivity index (χ0n) is 5.54. The fourth-order valence-electron chi connectivity index (χ4n) is 0.803. The SMILES string of the molecule is CCn1cncc1CN. The smallest absolute Gasteiger partial charge is 0.0948 e. The Morgan fingerprint density at radius 1 is 1.78 bits per heavy atom. The summed E-state index contributed by atoms with van der Waals surface area (Å²) in [7, 11) is 0. The summed E-state index contributed by atoms with van der Waals surface area (Å²) in [5.74, 6) is 0. The molecule has 0 aliphatic rings. The highest BCUT2D eigenvalue weighted by molar-refractivity contribution is 4.96. The second-order valence-electron chi connectivity index (χ2n) is 1.88. The number of aromatic nitrogens is 2. The molecule has 0 amide bonds. The first kappa shape index (κ1) is 6.29. The standard InChI is InChI=1S/C6H11N3/c1-2-9-5-8-4-6(9)3-7/h4-5H,2-3,7H2,1H3. The van der Waals surface area contributed by atoms with Gasteiger partial charge in [0.15, 0.2) is 0 Å². The normalized spacial score (nSPS) is 10.0. The molecule has 0 atom stereocenters. The van der Waals surface area contributed by atoms with Crippen molar-refractivity contribution in [1.29, 1.82) is 0 Å². The molecule has 0 radical (unpaired) electrons. The van der Waals surface area contributed by atoms with Gasteiger partial charge in [0.05, 0.1) is 12.0 Å². The van der Waals surface area contributed by atoms with E-state index in [2.05, 4.69) is 11.9 Å². The van der Waals surface area contributed by atoms with Gasteiger partial charge in [-0.25, -0.2) is 4.98 Å². The van der Waals surface area contributed by atoms with Crippen LogP contribution in [0.3, 0.4) is 0 Å². The lowest BCUT2D eigenvalue weighted by molar-refractivity contribution is 0.712. The van der Waals surface area contributed by atoms with E-state index in [0.29, 0.717) is 6.54 Å². The van der Waals surface area contributed by atoms with Gasteiger partial charge in [0.1, 0.15) is 0 Å². The Bertz CT molecular complexity index is 162. The quantitative estimate of drug-likeness (QED) is 0.620. The highest BCUT2D eigenvalue weighted by atomic mass is 15.0. The number of rotatable bonds is 2. The maximum Gasteiger partial charge on any atom is 0.0948 e. The molecule has 0 saturated carbocycles. The van der Waals surface area contributed by atoms with Crippen molar-refractivity contribution in [3.05, 3.63) is 18.2 Å². The molecule has 3 heteroatoms. The van der Waals surface area contributed by atoms with Gasteiger partial charge >= 0.3 is 0 Å². The molecule has 0 saturated heterocycles. The molecule has 50 valence electrons. The highest BCUT2D eigenvalue weighted by Crippen LogP contribution is 1.95. The maximum absolute atomic E-state index is 5.41. The van der Waals surface area contributed by atoms with E-state index in [-0.39, 0.29) is 0 Å². The van der Waals surface area contributed by atoms with Crippen LogP contribution in [0.1, 0.15) is 12.6 Å². The molecule has 0 unspecified atom stereocenters. The van der Waals surface area contributed by atoms with E-state index in [1.54, 1.807) is 12.5 Å². The van der Waals surface area contributed by atoms with Crippen LogP contribution in [0.4, 0.5) is 0 Å². The van der Waals surface area contributed by atoms with Crippen LogP contribution in [0.25, 0.3) is 0 Å². The summed E-state index contributed by atoms with van der Waals surface area (Å²) in [6.07, 6.45) is 3.59. The zero-order valence-corrected chi connectivity index (χ0v) is 5.54. The number of nitrogens with zero attached hydrogens (tertiary/aromatic N) is 2. The first-order valence-electron chi connectivity index (χ1n) is 3.07. The highest BCUT2D eigenvalue weighted by Gasteiger charge is 1.93. The summed E-state index contributed by atoms with van der Waals surface area (Å²) in [5, 5.41) is 0. The van der Waals surface area contributed by atoms with Crippen LogP contribution in [0.2, 0.25) is 0 Å². The fraction of sp³-hybridized carbons (Fsp3) is 0.500. The topological polar surface area (TPSA) is 43.8 Å². The Morgan fingerprint density at radius 3 is 3.00 bits per heavy atom. The third kappa shape index (κ3) is 1.10. The number of imidazole rings is 1. The molecule has 0 aliphatic carbocycles. The molecule has 0 bridgehead atoms. The van der Waals surface area contributed by atoms with E-state index < -0.39 is 0 Å². The monoisotopic (exact) mass is 125 g/mol. The number of hydrogen-bond donors (Lipinski definition) is 1. The molecule has 3 nitrogen and oxygen atoms in total. The van der Waals surface area contributed by atoms with Gasteiger partial charge in [-0.05, 0) is 6.92 Å². The lowest BCUT2D eigenvalue weighted by Gasteiger charge is -1.99. The lowest BCUT2D eigenvalue weighted by atomic mass is 10.5. The van der Waals surface area contributed by atoms with Gasteiger partial charge in [-0.1, -0.05) is 0 Å². The van der Waals surface area contributed by atoms with E-state index in [4.69, 9.17) is 5.73 Å². The third-order valence-electron chi connectivity index (χ3n) is 1.35. The van der Waals surface area contributed by atoms with Gasteiger partial charge in [-0.3, -0.25) is 0 Å². The molecular formula is C6H11N3. The van der Waals surface area contributed by atoms with Gasteiger partial charge in [0.25, 0.3) is 0 Å². The molecule has 0 fully saturated rings. The lowest BCUT2D eigenvalue weighted by Crippen LogP contribution is -2.04.